The maximum absolute atomic E-state index is 13.3. The number of aryl methyl sites for hydroxylation is 3. The SMILES string of the molecule is CCc1ccc(-c2cc(C(=O)Nc3c(C)cccc3C)c3ccccc3n2)cc1. The van der Waals surface area contributed by atoms with Gasteiger partial charge >= 0.3 is 0 Å². The van der Waals surface area contributed by atoms with Gasteiger partial charge < -0.3 is 5.32 Å². The van der Waals surface area contributed by atoms with E-state index in [2.05, 4.69) is 36.5 Å². The first-order valence-electron chi connectivity index (χ1n) is 9.93. The molecule has 29 heavy (non-hydrogen) atoms. The van der Waals surface area contributed by atoms with E-state index < -0.39 is 0 Å². The van der Waals surface area contributed by atoms with Crippen LogP contribution >= 0.6 is 0 Å². The van der Waals surface area contributed by atoms with Crippen molar-refractivity contribution in [1.82, 2.24) is 4.98 Å². The van der Waals surface area contributed by atoms with Gasteiger partial charge in [-0.15, -0.1) is 0 Å². The average molecular weight is 380 g/mol. The molecule has 1 amide bonds. The number of benzene rings is 3. The van der Waals surface area contributed by atoms with Crippen molar-refractivity contribution in [2.24, 2.45) is 0 Å². The minimum atomic E-state index is -0.118. The van der Waals surface area contributed by atoms with E-state index in [1.165, 1.54) is 5.56 Å². The molecule has 3 nitrogen and oxygen atoms in total. The number of anilines is 1. The molecule has 0 radical (unpaired) electrons. The van der Waals surface area contributed by atoms with Gasteiger partial charge in [0.05, 0.1) is 16.8 Å². The van der Waals surface area contributed by atoms with E-state index in [1.807, 2.05) is 62.4 Å². The van der Waals surface area contributed by atoms with E-state index in [9.17, 15) is 4.79 Å². The number of nitrogens with one attached hydrogen (secondary N) is 1. The average Bonchev–Trinajstić information content (AvgIpc) is 2.75. The quantitative estimate of drug-likeness (QED) is 0.449. The van der Waals surface area contributed by atoms with Crippen LogP contribution in [0.15, 0.2) is 72.8 Å². The van der Waals surface area contributed by atoms with E-state index in [1.54, 1.807) is 0 Å². The van der Waals surface area contributed by atoms with Crippen LogP contribution in [-0.2, 0) is 6.42 Å². The number of pyridine rings is 1. The highest BCUT2D eigenvalue weighted by molar-refractivity contribution is 6.13. The van der Waals surface area contributed by atoms with Crippen molar-refractivity contribution >= 4 is 22.5 Å². The summed E-state index contributed by atoms with van der Waals surface area (Å²) < 4.78 is 0. The van der Waals surface area contributed by atoms with Crippen molar-refractivity contribution in [2.45, 2.75) is 27.2 Å². The van der Waals surface area contributed by atoms with Gasteiger partial charge in [-0.05, 0) is 49.1 Å². The Labute approximate surface area is 171 Å². The van der Waals surface area contributed by atoms with Crippen molar-refractivity contribution in [1.29, 1.82) is 0 Å². The summed E-state index contributed by atoms with van der Waals surface area (Å²) in [6.45, 7) is 6.15. The van der Waals surface area contributed by atoms with Gasteiger partial charge in [0.1, 0.15) is 0 Å². The molecule has 0 bridgehead atoms. The molecule has 0 saturated carbocycles. The Balaban J connectivity index is 1.81. The van der Waals surface area contributed by atoms with Gasteiger partial charge in [-0.2, -0.15) is 0 Å². The highest BCUT2D eigenvalue weighted by Gasteiger charge is 2.15. The third-order valence-electron chi connectivity index (χ3n) is 5.34. The maximum Gasteiger partial charge on any atom is 0.256 e. The van der Waals surface area contributed by atoms with E-state index in [0.717, 1.165) is 45.4 Å². The molecule has 4 aromatic rings. The molecule has 0 fully saturated rings. The van der Waals surface area contributed by atoms with Crippen molar-refractivity contribution in [3.63, 3.8) is 0 Å². The fourth-order valence-electron chi connectivity index (χ4n) is 3.61. The largest absolute Gasteiger partial charge is 0.321 e. The predicted molar refractivity (Wildman–Crippen MR) is 120 cm³/mol. The van der Waals surface area contributed by atoms with Gasteiger partial charge in [0.2, 0.25) is 0 Å². The summed E-state index contributed by atoms with van der Waals surface area (Å²) in [6, 6.07) is 24.1. The molecule has 0 aliphatic heterocycles. The van der Waals surface area contributed by atoms with Crippen molar-refractivity contribution < 1.29 is 4.79 Å². The fraction of sp³-hybridized carbons (Fsp3) is 0.154. The highest BCUT2D eigenvalue weighted by atomic mass is 16.1. The zero-order valence-corrected chi connectivity index (χ0v) is 17.0. The lowest BCUT2D eigenvalue weighted by Gasteiger charge is -2.14. The Hall–Kier alpha value is -3.46. The van der Waals surface area contributed by atoms with Gasteiger partial charge in [0, 0.05) is 16.6 Å². The maximum atomic E-state index is 13.3. The molecule has 0 saturated heterocycles. The van der Waals surface area contributed by atoms with E-state index in [-0.39, 0.29) is 5.91 Å². The number of fused-ring (bicyclic) bond motifs is 1. The number of carbonyl (C=O) groups is 1. The Morgan fingerprint density at radius 2 is 1.59 bits per heavy atom. The van der Waals surface area contributed by atoms with Crippen LogP contribution in [0.1, 0.15) is 34.0 Å². The monoisotopic (exact) mass is 380 g/mol. The number of nitrogens with zero attached hydrogens (tertiary/aromatic N) is 1. The molecule has 0 unspecified atom stereocenters. The molecule has 0 atom stereocenters. The molecule has 1 heterocycles. The normalized spacial score (nSPS) is 10.9. The molecule has 1 N–H and O–H groups in total. The summed E-state index contributed by atoms with van der Waals surface area (Å²) in [7, 11) is 0. The van der Waals surface area contributed by atoms with Crippen LogP contribution < -0.4 is 5.32 Å². The lowest BCUT2D eigenvalue weighted by Crippen LogP contribution is -2.14. The molecule has 3 heteroatoms. The molecular weight excluding hydrogens is 356 g/mol. The number of aromatic nitrogens is 1. The molecule has 0 spiro atoms. The minimum Gasteiger partial charge on any atom is -0.321 e. The van der Waals surface area contributed by atoms with Crippen LogP contribution in [0.3, 0.4) is 0 Å². The topological polar surface area (TPSA) is 42.0 Å². The van der Waals surface area contributed by atoms with Gasteiger partial charge in [-0.1, -0.05) is 67.6 Å². The third-order valence-corrected chi connectivity index (χ3v) is 5.34. The predicted octanol–water partition coefficient (Wildman–Crippen LogP) is 6.33. The smallest absolute Gasteiger partial charge is 0.256 e. The van der Waals surface area contributed by atoms with Gasteiger partial charge in [0.15, 0.2) is 0 Å². The molecule has 1 aromatic heterocycles. The standard InChI is InChI=1S/C26H24N2O/c1-4-19-12-14-20(15-13-19)24-16-22(21-10-5-6-11-23(21)27-24)26(29)28-25-17(2)8-7-9-18(25)3/h5-16H,4H2,1-3H3,(H,28,29). The second-order valence-corrected chi connectivity index (χ2v) is 7.34. The number of rotatable bonds is 4. The summed E-state index contributed by atoms with van der Waals surface area (Å²) in [6.07, 6.45) is 0.995. The van der Waals surface area contributed by atoms with Crippen LogP contribution in [0.25, 0.3) is 22.2 Å². The first-order chi connectivity index (χ1) is 14.1. The van der Waals surface area contributed by atoms with Crippen molar-refractivity contribution in [2.75, 3.05) is 5.32 Å². The first-order valence-corrected chi connectivity index (χ1v) is 9.93. The van der Waals surface area contributed by atoms with Gasteiger partial charge in [0.25, 0.3) is 5.91 Å². The number of amides is 1. The van der Waals surface area contributed by atoms with E-state index >= 15 is 0 Å². The van der Waals surface area contributed by atoms with E-state index in [4.69, 9.17) is 4.98 Å². The molecule has 3 aromatic carbocycles. The van der Waals surface area contributed by atoms with Gasteiger partial charge in [-0.25, -0.2) is 4.98 Å². The molecule has 4 rings (SSSR count). The Morgan fingerprint density at radius 3 is 2.28 bits per heavy atom. The third kappa shape index (κ3) is 3.77. The minimum absolute atomic E-state index is 0.118. The van der Waals surface area contributed by atoms with Crippen LogP contribution in [-0.4, -0.2) is 10.9 Å². The Kier molecular flexibility index (Phi) is 5.13. The molecule has 0 aliphatic carbocycles. The molecule has 0 aliphatic rings. The molecular formula is C26H24N2O. The van der Waals surface area contributed by atoms with Crippen LogP contribution in [0, 0.1) is 13.8 Å². The first kappa shape index (κ1) is 18.9. The summed E-state index contributed by atoms with van der Waals surface area (Å²) >= 11 is 0. The number of para-hydroxylation sites is 2. The Morgan fingerprint density at radius 1 is 0.897 bits per heavy atom. The van der Waals surface area contributed by atoms with Crippen LogP contribution in [0.5, 0.6) is 0 Å². The second kappa shape index (κ2) is 7.88. The van der Waals surface area contributed by atoms with Gasteiger partial charge in [-0.3, -0.25) is 4.79 Å². The van der Waals surface area contributed by atoms with E-state index in [0.29, 0.717) is 5.56 Å². The summed E-state index contributed by atoms with van der Waals surface area (Å²) in [4.78, 5) is 18.1. The summed E-state index contributed by atoms with van der Waals surface area (Å²) in [5.41, 5.74) is 7.50. The van der Waals surface area contributed by atoms with Crippen molar-refractivity contribution in [3.05, 3.63) is 95.1 Å². The number of hydrogen-bond donors (Lipinski definition) is 1. The number of carbonyl (C=O) groups excluding carboxylic acids is 1. The van der Waals surface area contributed by atoms with Crippen LogP contribution in [0.2, 0.25) is 0 Å². The lowest BCUT2D eigenvalue weighted by molar-refractivity contribution is 0.102. The zero-order chi connectivity index (χ0) is 20.4. The fourth-order valence-corrected chi connectivity index (χ4v) is 3.61. The zero-order valence-electron chi connectivity index (χ0n) is 17.0. The Bertz CT molecular complexity index is 1170. The highest BCUT2D eigenvalue weighted by Crippen LogP contribution is 2.27. The second-order valence-electron chi connectivity index (χ2n) is 7.34. The summed E-state index contributed by atoms with van der Waals surface area (Å²) in [5.74, 6) is -0.118. The van der Waals surface area contributed by atoms with Crippen LogP contribution in [0.4, 0.5) is 5.69 Å². The summed E-state index contributed by atoms with van der Waals surface area (Å²) in [5, 5.41) is 3.97. The molecule has 144 valence electrons. The van der Waals surface area contributed by atoms with Crippen molar-refractivity contribution in [3.8, 4) is 11.3 Å². The lowest BCUT2D eigenvalue weighted by atomic mass is 10.0. The number of hydrogen-bond acceptors (Lipinski definition) is 2.